The number of phenolic OH excluding ortho intramolecular Hbond substituents is 2. The Kier molecular flexibility index (Phi) is 1.59. The molecular weight excluding hydrogens is 156 g/mol. The van der Waals surface area contributed by atoms with Gasteiger partial charge in [0.25, 0.3) is 0 Å². The van der Waals surface area contributed by atoms with Gasteiger partial charge in [-0.25, -0.2) is 0 Å². The van der Waals surface area contributed by atoms with E-state index in [9.17, 15) is 5.11 Å². The Hall–Kier alpha value is -1.09. The van der Waals surface area contributed by atoms with E-state index in [0.29, 0.717) is 0 Å². The minimum Gasteiger partial charge on any atom is -0.503 e. The molecule has 0 bridgehead atoms. The first-order valence-corrected chi connectivity index (χ1v) is 2.88. The van der Waals surface area contributed by atoms with Gasteiger partial charge >= 0.3 is 0 Å². The Morgan fingerprint density at radius 2 is 1.80 bits per heavy atom. The lowest BCUT2D eigenvalue weighted by Crippen LogP contribution is -1.70. The molecule has 0 aliphatic heterocycles. The molecule has 0 heterocycles. The van der Waals surface area contributed by atoms with Crippen LogP contribution in [0.2, 0.25) is 5.02 Å². The van der Waals surface area contributed by atoms with Gasteiger partial charge < -0.3 is 10.2 Å². The van der Waals surface area contributed by atoms with E-state index in [-0.39, 0.29) is 5.02 Å². The van der Waals surface area contributed by atoms with Crippen LogP contribution in [0, 0.1) is 0 Å². The maximum atomic E-state index is 10.5. The number of hydrogen-bond acceptors (Lipinski definition) is 2. The van der Waals surface area contributed by atoms with Crippen LogP contribution in [0.1, 0.15) is 0 Å². The Balaban J connectivity index is 3.34. The molecule has 3 nitrogen and oxygen atoms in total. The molecule has 0 saturated heterocycles. The zero-order chi connectivity index (χ0) is 7.72. The van der Waals surface area contributed by atoms with E-state index in [1.54, 1.807) is 0 Å². The first-order chi connectivity index (χ1) is 4.63. The molecule has 1 rings (SSSR count). The highest BCUT2D eigenvalue weighted by Crippen LogP contribution is 2.39. The Bertz CT molecular complexity index is 232. The van der Waals surface area contributed by atoms with E-state index in [4.69, 9.17) is 21.8 Å². The van der Waals surface area contributed by atoms with Gasteiger partial charge in [0.1, 0.15) is 0 Å². The van der Waals surface area contributed by atoms with Gasteiger partial charge in [0, 0.05) is 0 Å². The molecule has 0 spiro atoms. The molecule has 0 atom stereocenters. The summed E-state index contributed by atoms with van der Waals surface area (Å²) in [7, 11) is 0. The molecule has 0 amide bonds. The number of aromatic hydroxyl groups is 2. The molecule has 53 valence electrons. The van der Waals surface area contributed by atoms with E-state index in [0.717, 1.165) is 6.07 Å². The number of benzene rings is 1. The largest absolute Gasteiger partial charge is 0.503 e. The molecule has 10 heavy (non-hydrogen) atoms. The van der Waals surface area contributed by atoms with Gasteiger partial charge in [-0.1, -0.05) is 11.6 Å². The summed E-state index contributed by atoms with van der Waals surface area (Å²) in [6.45, 7) is 0. The topological polar surface area (TPSA) is 60.4 Å². The van der Waals surface area contributed by atoms with E-state index < -0.39 is 17.2 Å². The van der Waals surface area contributed by atoms with Crippen molar-refractivity contribution in [2.75, 3.05) is 0 Å². The fourth-order valence-corrected chi connectivity index (χ4v) is 0.689. The van der Waals surface area contributed by atoms with Crippen molar-refractivity contribution in [1.29, 1.82) is 0 Å². The fourth-order valence-electron chi connectivity index (χ4n) is 0.537. The number of rotatable bonds is 0. The summed E-state index contributed by atoms with van der Waals surface area (Å²) in [5.41, 5.74) is 0. The normalized spacial score (nSPS) is 9.70. The summed E-state index contributed by atoms with van der Waals surface area (Å²) in [5, 5.41) is 28.0. The van der Waals surface area contributed by atoms with Gasteiger partial charge in [-0.05, 0) is 12.1 Å². The van der Waals surface area contributed by atoms with Gasteiger partial charge in [-0.15, -0.1) is 0 Å². The molecule has 1 aromatic carbocycles. The zero-order valence-electron chi connectivity index (χ0n) is 4.84. The smallest absolute Gasteiger partial charge is 0.224 e. The highest BCUT2D eigenvalue weighted by atomic mass is 35.5. The molecule has 0 aromatic heterocycles. The molecule has 0 aliphatic rings. The van der Waals surface area contributed by atoms with Gasteiger partial charge in [0.05, 0.1) is 5.02 Å². The summed E-state index contributed by atoms with van der Waals surface area (Å²) >= 11 is 5.34. The molecule has 0 unspecified atom stereocenters. The molecule has 1 aromatic rings. The SMILES string of the molecule is [O]c1ccc(Cl)c(O)c1O. The monoisotopic (exact) mass is 159 g/mol. The predicted octanol–water partition coefficient (Wildman–Crippen LogP) is 1.90. The summed E-state index contributed by atoms with van der Waals surface area (Å²) in [5.74, 6) is -1.90. The van der Waals surface area contributed by atoms with Crippen molar-refractivity contribution in [3.8, 4) is 17.2 Å². The second kappa shape index (κ2) is 2.27. The van der Waals surface area contributed by atoms with Gasteiger partial charge in [-0.3, -0.25) is 5.11 Å². The zero-order valence-corrected chi connectivity index (χ0v) is 5.59. The van der Waals surface area contributed by atoms with Crippen molar-refractivity contribution in [2.45, 2.75) is 0 Å². The molecular formula is C6H4ClO3. The lowest BCUT2D eigenvalue weighted by atomic mass is 10.3. The van der Waals surface area contributed by atoms with Crippen LogP contribution in [0.25, 0.3) is 0 Å². The molecule has 1 radical (unpaired) electrons. The van der Waals surface area contributed by atoms with Crippen LogP contribution in [-0.4, -0.2) is 10.2 Å². The summed E-state index contributed by atoms with van der Waals surface area (Å²) < 4.78 is 0. The quantitative estimate of drug-likeness (QED) is 0.568. The first-order valence-electron chi connectivity index (χ1n) is 2.50. The van der Waals surface area contributed by atoms with Crippen LogP contribution in [0.4, 0.5) is 0 Å². The molecule has 0 fully saturated rings. The third-order valence-electron chi connectivity index (χ3n) is 1.06. The summed E-state index contributed by atoms with van der Waals surface area (Å²) in [6, 6.07) is 2.30. The minimum absolute atomic E-state index is 0.0305. The number of phenols is 2. The van der Waals surface area contributed by atoms with Crippen LogP contribution < -0.4 is 0 Å². The summed E-state index contributed by atoms with van der Waals surface area (Å²) in [4.78, 5) is 0. The lowest BCUT2D eigenvalue weighted by Gasteiger charge is -1.98. The average Bonchev–Trinajstić information content (AvgIpc) is 1.93. The second-order valence-electron chi connectivity index (χ2n) is 1.74. The van der Waals surface area contributed by atoms with Gasteiger partial charge in [0.2, 0.25) is 11.5 Å². The highest BCUT2D eigenvalue weighted by Gasteiger charge is 2.09. The van der Waals surface area contributed by atoms with Crippen LogP contribution in [-0.2, 0) is 5.11 Å². The Labute approximate surface area is 62.1 Å². The van der Waals surface area contributed by atoms with E-state index in [2.05, 4.69) is 0 Å². The fraction of sp³-hybridized carbons (Fsp3) is 0. The predicted molar refractivity (Wildman–Crippen MR) is 34.9 cm³/mol. The van der Waals surface area contributed by atoms with Crippen molar-refractivity contribution in [3.63, 3.8) is 0 Å². The van der Waals surface area contributed by atoms with Crippen LogP contribution in [0.15, 0.2) is 12.1 Å². The standard InChI is InChI=1S/C6H4ClO3/c7-3-1-2-4(8)6(10)5(3)9/h1-2,9-10H. The van der Waals surface area contributed by atoms with E-state index in [1.165, 1.54) is 6.07 Å². The third-order valence-corrected chi connectivity index (χ3v) is 1.37. The van der Waals surface area contributed by atoms with Crippen LogP contribution in [0.3, 0.4) is 0 Å². The van der Waals surface area contributed by atoms with Crippen LogP contribution in [0.5, 0.6) is 17.2 Å². The van der Waals surface area contributed by atoms with Gasteiger partial charge in [0.15, 0.2) is 5.75 Å². The van der Waals surface area contributed by atoms with Crippen molar-refractivity contribution < 1.29 is 15.3 Å². The maximum absolute atomic E-state index is 10.5. The Morgan fingerprint density at radius 3 is 2.30 bits per heavy atom. The molecule has 2 N–H and O–H groups in total. The minimum atomic E-state index is -0.701. The van der Waals surface area contributed by atoms with Crippen molar-refractivity contribution in [2.24, 2.45) is 0 Å². The molecule has 0 aliphatic carbocycles. The van der Waals surface area contributed by atoms with Gasteiger partial charge in [-0.2, -0.15) is 0 Å². The average molecular weight is 160 g/mol. The van der Waals surface area contributed by atoms with E-state index in [1.807, 2.05) is 0 Å². The first kappa shape index (κ1) is 7.02. The lowest BCUT2D eigenvalue weighted by molar-refractivity contribution is 0.313. The molecule has 4 heteroatoms. The third kappa shape index (κ3) is 0.953. The number of hydrogen-bond donors (Lipinski definition) is 2. The summed E-state index contributed by atoms with van der Waals surface area (Å²) in [6.07, 6.45) is 0. The van der Waals surface area contributed by atoms with Crippen molar-refractivity contribution in [3.05, 3.63) is 17.2 Å². The molecule has 0 saturated carbocycles. The number of halogens is 1. The second-order valence-corrected chi connectivity index (χ2v) is 2.15. The van der Waals surface area contributed by atoms with Crippen molar-refractivity contribution in [1.82, 2.24) is 0 Å². The van der Waals surface area contributed by atoms with Crippen LogP contribution >= 0.6 is 11.6 Å². The Morgan fingerprint density at radius 1 is 1.20 bits per heavy atom. The van der Waals surface area contributed by atoms with E-state index >= 15 is 0 Å². The highest BCUT2D eigenvalue weighted by molar-refractivity contribution is 6.32. The maximum Gasteiger partial charge on any atom is 0.224 e. The van der Waals surface area contributed by atoms with Crippen molar-refractivity contribution >= 4 is 11.6 Å².